The molecule has 1 aliphatic rings. The maximum atomic E-state index is 11.8. The molecule has 0 atom stereocenters. The first kappa shape index (κ1) is 14.1. The maximum absolute atomic E-state index is 11.8. The van der Waals surface area contributed by atoms with Crippen molar-refractivity contribution >= 4 is 5.97 Å². The predicted octanol–water partition coefficient (Wildman–Crippen LogP) is 3.24. The number of esters is 1. The molecule has 0 bridgehead atoms. The lowest BCUT2D eigenvalue weighted by Crippen LogP contribution is -2.27. The van der Waals surface area contributed by atoms with E-state index in [4.69, 9.17) is 4.74 Å². The lowest BCUT2D eigenvalue weighted by molar-refractivity contribution is 0.0598. The SMILES string of the molecule is COC(=O)c1ccccc1CN1CCCCCCC1. The van der Waals surface area contributed by atoms with Gasteiger partial charge in [-0.25, -0.2) is 4.79 Å². The van der Waals surface area contributed by atoms with Gasteiger partial charge in [-0.15, -0.1) is 0 Å². The van der Waals surface area contributed by atoms with Crippen molar-refractivity contribution in [3.8, 4) is 0 Å². The molecule has 19 heavy (non-hydrogen) atoms. The number of benzene rings is 1. The zero-order valence-corrected chi connectivity index (χ0v) is 11.7. The van der Waals surface area contributed by atoms with Gasteiger partial charge in [0.05, 0.1) is 12.7 Å². The summed E-state index contributed by atoms with van der Waals surface area (Å²) in [6.45, 7) is 3.12. The van der Waals surface area contributed by atoms with Crippen LogP contribution < -0.4 is 0 Å². The molecule has 0 unspecified atom stereocenters. The van der Waals surface area contributed by atoms with Crippen LogP contribution in [-0.4, -0.2) is 31.1 Å². The fraction of sp³-hybridized carbons (Fsp3) is 0.562. The Morgan fingerprint density at radius 3 is 2.42 bits per heavy atom. The first-order valence-corrected chi connectivity index (χ1v) is 7.20. The Morgan fingerprint density at radius 1 is 1.11 bits per heavy atom. The van der Waals surface area contributed by atoms with Gasteiger partial charge in [0.2, 0.25) is 0 Å². The third-order valence-corrected chi connectivity index (χ3v) is 3.77. The van der Waals surface area contributed by atoms with Gasteiger partial charge in [0.15, 0.2) is 0 Å². The van der Waals surface area contributed by atoms with Crippen molar-refractivity contribution in [1.29, 1.82) is 0 Å². The number of carbonyl (C=O) groups is 1. The number of carbonyl (C=O) groups excluding carboxylic acids is 1. The fourth-order valence-electron chi connectivity index (χ4n) is 2.68. The van der Waals surface area contributed by atoms with E-state index < -0.39 is 0 Å². The smallest absolute Gasteiger partial charge is 0.338 e. The number of likely N-dealkylation sites (tertiary alicyclic amines) is 1. The van der Waals surface area contributed by atoms with Crippen LogP contribution in [0, 0.1) is 0 Å². The minimum absolute atomic E-state index is 0.234. The maximum Gasteiger partial charge on any atom is 0.338 e. The van der Waals surface area contributed by atoms with Crippen LogP contribution in [0.4, 0.5) is 0 Å². The van der Waals surface area contributed by atoms with Gasteiger partial charge in [-0.1, -0.05) is 37.5 Å². The van der Waals surface area contributed by atoms with Gasteiger partial charge >= 0.3 is 5.97 Å². The van der Waals surface area contributed by atoms with E-state index in [-0.39, 0.29) is 5.97 Å². The Hall–Kier alpha value is -1.35. The van der Waals surface area contributed by atoms with Gasteiger partial charge in [0.25, 0.3) is 0 Å². The molecule has 0 spiro atoms. The highest BCUT2D eigenvalue weighted by atomic mass is 16.5. The van der Waals surface area contributed by atoms with Gasteiger partial charge in [-0.2, -0.15) is 0 Å². The van der Waals surface area contributed by atoms with E-state index in [1.165, 1.54) is 39.2 Å². The van der Waals surface area contributed by atoms with Crippen LogP contribution in [0.25, 0.3) is 0 Å². The van der Waals surface area contributed by atoms with E-state index in [1.54, 1.807) is 0 Å². The number of rotatable bonds is 3. The highest BCUT2D eigenvalue weighted by Gasteiger charge is 2.14. The minimum atomic E-state index is -0.234. The van der Waals surface area contributed by atoms with Gasteiger partial charge in [0.1, 0.15) is 0 Å². The van der Waals surface area contributed by atoms with Gasteiger partial charge in [-0.05, 0) is 37.6 Å². The van der Waals surface area contributed by atoms with Crippen LogP contribution in [0.15, 0.2) is 24.3 Å². The summed E-state index contributed by atoms with van der Waals surface area (Å²) < 4.78 is 4.85. The van der Waals surface area contributed by atoms with Crippen LogP contribution in [-0.2, 0) is 11.3 Å². The molecule has 0 amide bonds. The molecule has 2 rings (SSSR count). The normalized spacial score (nSPS) is 17.5. The number of ether oxygens (including phenoxy) is 1. The van der Waals surface area contributed by atoms with Crippen LogP contribution in [0.1, 0.15) is 48.0 Å². The van der Waals surface area contributed by atoms with Crippen LogP contribution in [0.5, 0.6) is 0 Å². The Balaban J connectivity index is 2.06. The predicted molar refractivity (Wildman–Crippen MR) is 76.1 cm³/mol. The van der Waals surface area contributed by atoms with Crippen LogP contribution in [0.3, 0.4) is 0 Å². The summed E-state index contributed by atoms with van der Waals surface area (Å²) in [6, 6.07) is 7.77. The summed E-state index contributed by atoms with van der Waals surface area (Å²) in [4.78, 5) is 14.2. The lowest BCUT2D eigenvalue weighted by atomic mass is 10.0. The van der Waals surface area contributed by atoms with E-state index >= 15 is 0 Å². The van der Waals surface area contributed by atoms with Crippen molar-refractivity contribution < 1.29 is 9.53 Å². The summed E-state index contributed by atoms with van der Waals surface area (Å²) >= 11 is 0. The molecule has 3 nitrogen and oxygen atoms in total. The van der Waals surface area contributed by atoms with E-state index in [9.17, 15) is 4.79 Å². The Morgan fingerprint density at radius 2 is 1.74 bits per heavy atom. The van der Waals surface area contributed by atoms with Crippen molar-refractivity contribution in [3.63, 3.8) is 0 Å². The standard InChI is InChI=1S/C16H23NO2/c1-19-16(18)15-10-6-5-9-14(15)13-17-11-7-3-2-4-8-12-17/h5-6,9-10H,2-4,7-8,11-13H2,1H3. The topological polar surface area (TPSA) is 29.5 Å². The highest BCUT2D eigenvalue weighted by molar-refractivity contribution is 5.90. The molecule has 1 fully saturated rings. The Bertz CT molecular complexity index is 409. The number of nitrogens with zero attached hydrogens (tertiary/aromatic N) is 1. The van der Waals surface area contributed by atoms with Crippen molar-refractivity contribution in [2.24, 2.45) is 0 Å². The van der Waals surface area contributed by atoms with Gasteiger partial charge < -0.3 is 4.74 Å². The van der Waals surface area contributed by atoms with Crippen molar-refractivity contribution in [2.75, 3.05) is 20.2 Å². The van der Waals surface area contributed by atoms with Crippen LogP contribution >= 0.6 is 0 Å². The monoisotopic (exact) mass is 261 g/mol. The lowest BCUT2D eigenvalue weighted by Gasteiger charge is -2.25. The zero-order chi connectivity index (χ0) is 13.5. The molecule has 1 heterocycles. The molecular weight excluding hydrogens is 238 g/mol. The summed E-state index contributed by atoms with van der Waals surface area (Å²) in [6.07, 6.45) is 6.55. The molecule has 0 N–H and O–H groups in total. The largest absolute Gasteiger partial charge is 0.465 e. The van der Waals surface area contributed by atoms with Crippen molar-refractivity contribution in [2.45, 2.75) is 38.6 Å². The minimum Gasteiger partial charge on any atom is -0.465 e. The molecule has 0 aromatic heterocycles. The highest BCUT2D eigenvalue weighted by Crippen LogP contribution is 2.16. The van der Waals surface area contributed by atoms with Gasteiger partial charge in [0, 0.05) is 6.54 Å². The molecule has 1 saturated heterocycles. The number of hydrogen-bond donors (Lipinski definition) is 0. The first-order chi connectivity index (χ1) is 9.31. The molecular formula is C16H23NO2. The Labute approximate surface area is 115 Å². The summed E-state index contributed by atoms with van der Waals surface area (Å²) in [7, 11) is 1.44. The third kappa shape index (κ3) is 4.06. The second-order valence-electron chi connectivity index (χ2n) is 5.19. The summed E-state index contributed by atoms with van der Waals surface area (Å²) in [5.74, 6) is -0.234. The number of hydrogen-bond acceptors (Lipinski definition) is 3. The summed E-state index contributed by atoms with van der Waals surface area (Å²) in [5, 5.41) is 0. The van der Waals surface area contributed by atoms with E-state index in [0.717, 1.165) is 25.2 Å². The number of methoxy groups -OCH3 is 1. The summed E-state index contributed by atoms with van der Waals surface area (Å²) in [5.41, 5.74) is 1.78. The second-order valence-corrected chi connectivity index (χ2v) is 5.19. The Kier molecular flexibility index (Phi) is 5.40. The molecule has 1 aromatic rings. The molecule has 1 aliphatic heterocycles. The zero-order valence-electron chi connectivity index (χ0n) is 11.7. The quantitative estimate of drug-likeness (QED) is 0.782. The van der Waals surface area contributed by atoms with Crippen molar-refractivity contribution in [1.82, 2.24) is 4.90 Å². The average molecular weight is 261 g/mol. The van der Waals surface area contributed by atoms with Gasteiger partial charge in [-0.3, -0.25) is 4.90 Å². The van der Waals surface area contributed by atoms with E-state index in [0.29, 0.717) is 5.56 Å². The average Bonchev–Trinajstić information content (AvgIpc) is 2.41. The molecule has 104 valence electrons. The van der Waals surface area contributed by atoms with E-state index in [2.05, 4.69) is 4.90 Å². The molecule has 0 radical (unpaired) electrons. The van der Waals surface area contributed by atoms with Crippen LogP contribution in [0.2, 0.25) is 0 Å². The second kappa shape index (κ2) is 7.29. The molecule has 0 aliphatic carbocycles. The third-order valence-electron chi connectivity index (χ3n) is 3.77. The molecule has 0 saturated carbocycles. The molecule has 1 aromatic carbocycles. The first-order valence-electron chi connectivity index (χ1n) is 7.20. The van der Waals surface area contributed by atoms with E-state index in [1.807, 2.05) is 24.3 Å². The van der Waals surface area contributed by atoms with Crippen molar-refractivity contribution in [3.05, 3.63) is 35.4 Å². The molecule has 3 heteroatoms. The fourth-order valence-corrected chi connectivity index (χ4v) is 2.68.